The lowest BCUT2D eigenvalue weighted by molar-refractivity contribution is 1.23. The van der Waals surface area contributed by atoms with Gasteiger partial charge in [-0.2, -0.15) is 0 Å². The van der Waals surface area contributed by atoms with E-state index in [1.807, 2.05) is 13.0 Å². The highest BCUT2D eigenvalue weighted by atomic mass is 13.8. The number of hydrogen-bond acceptors (Lipinski definition) is 0. The van der Waals surface area contributed by atoms with E-state index < -0.39 is 0 Å². The van der Waals surface area contributed by atoms with Crippen LogP contribution in [0.4, 0.5) is 0 Å². The molecule has 0 radical (unpaired) electrons. The summed E-state index contributed by atoms with van der Waals surface area (Å²) in [5, 5.41) is 0. The van der Waals surface area contributed by atoms with Crippen molar-refractivity contribution in [3.8, 4) is 0 Å². The summed E-state index contributed by atoms with van der Waals surface area (Å²) in [6.45, 7) is 9.20. The Balaban J connectivity index is -0.000000125. The van der Waals surface area contributed by atoms with Gasteiger partial charge in [0.15, 0.2) is 0 Å². The van der Waals surface area contributed by atoms with Crippen LogP contribution in [-0.2, 0) is 0 Å². The Morgan fingerprint density at radius 2 is 1.88 bits per heavy atom. The van der Waals surface area contributed by atoms with Gasteiger partial charge in [0.2, 0.25) is 0 Å². The van der Waals surface area contributed by atoms with Crippen molar-refractivity contribution in [2.75, 3.05) is 0 Å². The van der Waals surface area contributed by atoms with Gasteiger partial charge in [0.1, 0.15) is 0 Å². The zero-order chi connectivity index (χ0) is 4.99. The van der Waals surface area contributed by atoms with E-state index in [1.165, 1.54) is 5.57 Å². The van der Waals surface area contributed by atoms with E-state index >= 15 is 0 Å². The maximum atomic E-state index is 3.67. The van der Waals surface area contributed by atoms with Crippen molar-refractivity contribution in [1.29, 1.82) is 0 Å². The number of rotatable bonds is 2. The molecule has 8 heavy (non-hydrogen) atoms. The van der Waals surface area contributed by atoms with Crippen LogP contribution in [0.3, 0.4) is 0 Å². The van der Waals surface area contributed by atoms with Crippen molar-refractivity contribution in [1.82, 2.24) is 0 Å². The zero-order valence-electron chi connectivity index (χ0n) is 4.20. The molecule has 0 N–H and O–H groups in total. The summed E-state index contributed by atoms with van der Waals surface area (Å²) in [5.74, 6) is 0. The fourth-order valence-corrected chi connectivity index (χ4v) is 0.246. The van der Waals surface area contributed by atoms with E-state index in [9.17, 15) is 0 Å². The molecular formula is C8H18. The molecule has 50 valence electrons. The molecule has 0 aliphatic heterocycles. The Morgan fingerprint density at radius 1 is 1.50 bits per heavy atom. The lowest BCUT2D eigenvalue weighted by Gasteiger charge is -1.82. The second-order valence-corrected chi connectivity index (χ2v) is 1.45. The summed E-state index contributed by atoms with van der Waals surface area (Å²) in [5.41, 5.74) is 1.17. The second kappa shape index (κ2) is 9.70. The molecular weight excluding hydrogens is 96.1 g/mol. The van der Waals surface area contributed by atoms with E-state index in [-0.39, 0.29) is 14.9 Å². The molecule has 0 aliphatic rings. The summed E-state index contributed by atoms with van der Waals surface area (Å²) >= 11 is 0. The van der Waals surface area contributed by atoms with E-state index in [4.69, 9.17) is 0 Å². The van der Waals surface area contributed by atoms with Crippen molar-refractivity contribution in [2.24, 2.45) is 0 Å². The minimum absolute atomic E-state index is 0. The van der Waals surface area contributed by atoms with Crippen LogP contribution >= 0.6 is 0 Å². The van der Waals surface area contributed by atoms with Crippen LogP contribution in [0.5, 0.6) is 0 Å². The third-order valence-corrected chi connectivity index (χ3v) is 0.493. The number of allylic oxidation sites excluding steroid dienone is 2. The molecule has 0 aliphatic carbocycles. The topological polar surface area (TPSA) is 0 Å². The average molecular weight is 114 g/mol. The fourth-order valence-electron chi connectivity index (χ4n) is 0.246. The minimum Gasteiger partial charge on any atom is -0.103 e. The Bertz CT molecular complexity index is 60.4. The van der Waals surface area contributed by atoms with E-state index in [1.54, 1.807) is 0 Å². The average Bonchev–Trinajstić information content (AvgIpc) is 1.35. The normalized spacial score (nSPS) is 5.62. The van der Waals surface area contributed by atoms with Gasteiger partial charge in [-0.3, -0.25) is 0 Å². The van der Waals surface area contributed by atoms with Gasteiger partial charge in [-0.1, -0.05) is 33.1 Å². The maximum Gasteiger partial charge on any atom is -0.0147 e. The summed E-state index contributed by atoms with van der Waals surface area (Å²) in [6.07, 6.45) is 2.79. The summed E-state index contributed by atoms with van der Waals surface area (Å²) < 4.78 is 0. The Kier molecular flexibility index (Phi) is 19.0. The molecule has 0 aromatic rings. The Hall–Kier alpha value is -0.520. The number of hydrogen-bond donors (Lipinski definition) is 0. The minimum atomic E-state index is 0. The van der Waals surface area contributed by atoms with Crippen LogP contribution in [0.15, 0.2) is 24.8 Å². The van der Waals surface area contributed by atoms with Crippen LogP contribution in [0.25, 0.3) is 0 Å². The van der Waals surface area contributed by atoms with E-state index in [0.717, 1.165) is 6.42 Å². The lowest BCUT2D eigenvalue weighted by atomic mass is 10.2. The molecule has 0 nitrogen and oxygen atoms in total. The standard InChI is InChI=1S/C6H10.2CH4/c1-4-5-6(2)3;;/h4H,1-2,5H2,3H3;2*1H4. The summed E-state index contributed by atoms with van der Waals surface area (Å²) in [6, 6.07) is 0. The smallest absolute Gasteiger partial charge is 0.0147 e. The first-order valence-corrected chi connectivity index (χ1v) is 2.02. The molecule has 0 amide bonds. The molecule has 0 atom stereocenters. The molecule has 0 saturated heterocycles. The van der Waals surface area contributed by atoms with Gasteiger partial charge in [0.05, 0.1) is 0 Å². The SMILES string of the molecule is C.C.C=CCC(=C)C. The van der Waals surface area contributed by atoms with Gasteiger partial charge >= 0.3 is 0 Å². The van der Waals surface area contributed by atoms with Gasteiger partial charge in [0, 0.05) is 0 Å². The first-order chi connectivity index (χ1) is 2.77. The summed E-state index contributed by atoms with van der Waals surface area (Å²) in [7, 11) is 0. The van der Waals surface area contributed by atoms with Crippen LogP contribution < -0.4 is 0 Å². The molecule has 0 unspecified atom stereocenters. The molecule has 0 spiro atoms. The Labute approximate surface area is 53.9 Å². The third kappa shape index (κ3) is 17.9. The van der Waals surface area contributed by atoms with Crippen LogP contribution in [0.1, 0.15) is 28.2 Å². The van der Waals surface area contributed by atoms with Gasteiger partial charge in [-0.15, -0.1) is 6.58 Å². The quantitative estimate of drug-likeness (QED) is 0.482. The second-order valence-electron chi connectivity index (χ2n) is 1.45. The van der Waals surface area contributed by atoms with Gasteiger partial charge < -0.3 is 0 Å². The van der Waals surface area contributed by atoms with E-state index in [0.29, 0.717) is 0 Å². The van der Waals surface area contributed by atoms with Gasteiger partial charge in [-0.05, 0) is 13.3 Å². The van der Waals surface area contributed by atoms with Crippen LogP contribution in [-0.4, -0.2) is 0 Å². The highest BCUT2D eigenvalue weighted by Crippen LogP contribution is 1.92. The van der Waals surface area contributed by atoms with Crippen molar-refractivity contribution in [3.63, 3.8) is 0 Å². The Morgan fingerprint density at radius 3 is 1.88 bits per heavy atom. The predicted octanol–water partition coefficient (Wildman–Crippen LogP) is 3.41. The molecule has 0 aromatic carbocycles. The van der Waals surface area contributed by atoms with E-state index in [2.05, 4.69) is 13.2 Å². The van der Waals surface area contributed by atoms with Gasteiger partial charge in [-0.25, -0.2) is 0 Å². The first kappa shape index (κ1) is 15.6. The summed E-state index contributed by atoms with van der Waals surface area (Å²) in [4.78, 5) is 0. The van der Waals surface area contributed by atoms with Crippen LogP contribution in [0, 0.1) is 0 Å². The molecule has 0 bridgehead atoms. The largest absolute Gasteiger partial charge is 0.103 e. The lowest BCUT2D eigenvalue weighted by Crippen LogP contribution is -1.61. The third-order valence-electron chi connectivity index (χ3n) is 0.493. The maximum absolute atomic E-state index is 3.67. The van der Waals surface area contributed by atoms with Crippen molar-refractivity contribution in [2.45, 2.75) is 28.2 Å². The molecule has 0 heterocycles. The van der Waals surface area contributed by atoms with Crippen molar-refractivity contribution in [3.05, 3.63) is 24.8 Å². The first-order valence-electron chi connectivity index (χ1n) is 2.02. The molecule has 0 rings (SSSR count). The highest BCUT2D eigenvalue weighted by Gasteiger charge is 1.71. The van der Waals surface area contributed by atoms with Crippen molar-refractivity contribution < 1.29 is 0 Å². The zero-order valence-corrected chi connectivity index (χ0v) is 4.20. The van der Waals surface area contributed by atoms with Crippen LogP contribution in [0.2, 0.25) is 0 Å². The predicted molar refractivity (Wildman–Crippen MR) is 43.1 cm³/mol. The molecule has 0 aromatic heterocycles. The molecule has 0 fully saturated rings. The van der Waals surface area contributed by atoms with Gasteiger partial charge in [0.25, 0.3) is 0 Å². The molecule has 0 saturated carbocycles. The monoisotopic (exact) mass is 114 g/mol. The van der Waals surface area contributed by atoms with Crippen molar-refractivity contribution >= 4 is 0 Å². The fraction of sp³-hybridized carbons (Fsp3) is 0.500. The molecule has 0 heteroatoms. The highest BCUT2D eigenvalue weighted by molar-refractivity contribution is 4.94.